The van der Waals surface area contributed by atoms with Crippen molar-refractivity contribution in [1.29, 1.82) is 0 Å². The van der Waals surface area contributed by atoms with Crippen molar-refractivity contribution in [2.24, 2.45) is 4.99 Å². The number of hydrogen-bond acceptors (Lipinski definition) is 9. The molecule has 2 heterocycles. The summed E-state index contributed by atoms with van der Waals surface area (Å²) < 4.78 is 38.5. The van der Waals surface area contributed by atoms with E-state index in [1.807, 2.05) is 0 Å². The minimum absolute atomic E-state index is 0.176. The number of thiophene rings is 1. The van der Waals surface area contributed by atoms with Gasteiger partial charge in [0.05, 0.1) is 29.0 Å². The van der Waals surface area contributed by atoms with Crippen LogP contribution < -0.4 is 10.1 Å². The Bertz CT molecular complexity index is 1610. The molecule has 4 rings (SSSR count). The number of sulfone groups is 1. The van der Waals surface area contributed by atoms with Crippen LogP contribution in [0, 0.1) is 0 Å². The number of carbonyl (C=O) groups excluding carboxylic acids is 3. The Hall–Kier alpha value is -2.58. The van der Waals surface area contributed by atoms with Gasteiger partial charge in [0.1, 0.15) is 16.5 Å². The molecule has 40 heavy (non-hydrogen) atoms. The molecule has 0 atom stereocenters. The van der Waals surface area contributed by atoms with E-state index in [0.29, 0.717) is 35.0 Å². The number of hydrogen-bond donors (Lipinski definition) is 1. The van der Waals surface area contributed by atoms with Gasteiger partial charge in [0, 0.05) is 23.6 Å². The SMILES string of the molecule is CCOC(=O)c1c(NC(=O)CS(=O)(=O)CC(=O)N=c2sc3cc(Cl)ccc3n2CCOC)sc2c1CCCCC2. The molecule has 1 N–H and O–H groups in total. The Kier molecular flexibility index (Phi) is 10.2. The van der Waals surface area contributed by atoms with Crippen LogP contribution in [0.4, 0.5) is 5.00 Å². The molecule has 1 aromatic carbocycles. The lowest BCUT2D eigenvalue weighted by Gasteiger charge is -2.08. The second kappa shape index (κ2) is 13.4. The van der Waals surface area contributed by atoms with Crippen molar-refractivity contribution >= 4 is 77.1 Å². The fourth-order valence-corrected chi connectivity index (χ4v) is 8.18. The maximum absolute atomic E-state index is 12.8. The van der Waals surface area contributed by atoms with Gasteiger partial charge in [-0.25, -0.2) is 13.2 Å². The molecule has 1 aliphatic rings. The van der Waals surface area contributed by atoms with Crippen LogP contribution >= 0.6 is 34.3 Å². The van der Waals surface area contributed by atoms with Crippen LogP contribution in [-0.4, -0.2) is 62.6 Å². The third-order valence-electron chi connectivity index (χ3n) is 6.23. The lowest BCUT2D eigenvalue weighted by atomic mass is 10.1. The Morgan fingerprint density at radius 1 is 1.12 bits per heavy atom. The molecule has 0 unspecified atom stereocenters. The van der Waals surface area contributed by atoms with Crippen LogP contribution in [-0.2, 0) is 48.3 Å². The fraction of sp³-hybridized carbons (Fsp3) is 0.462. The number of carbonyl (C=O) groups is 3. The van der Waals surface area contributed by atoms with Crippen molar-refractivity contribution in [1.82, 2.24) is 4.57 Å². The largest absolute Gasteiger partial charge is 0.462 e. The van der Waals surface area contributed by atoms with Crippen LogP contribution in [0.25, 0.3) is 10.2 Å². The second-order valence-corrected chi connectivity index (χ2v) is 13.8. The Morgan fingerprint density at radius 2 is 1.90 bits per heavy atom. The molecule has 2 amide bonds. The van der Waals surface area contributed by atoms with Crippen LogP contribution in [0.1, 0.15) is 47.0 Å². The van der Waals surface area contributed by atoms with Gasteiger partial charge < -0.3 is 19.4 Å². The van der Waals surface area contributed by atoms with E-state index >= 15 is 0 Å². The van der Waals surface area contributed by atoms with E-state index in [1.54, 1.807) is 36.8 Å². The number of aryl methyl sites for hydroxylation is 1. The number of rotatable bonds is 10. The van der Waals surface area contributed by atoms with Crippen LogP contribution in [0.2, 0.25) is 5.02 Å². The van der Waals surface area contributed by atoms with Gasteiger partial charge in [-0.1, -0.05) is 29.4 Å². The van der Waals surface area contributed by atoms with Gasteiger partial charge in [0.25, 0.3) is 5.91 Å². The smallest absolute Gasteiger partial charge is 0.341 e. The van der Waals surface area contributed by atoms with E-state index in [4.69, 9.17) is 21.1 Å². The molecule has 0 fully saturated rings. The van der Waals surface area contributed by atoms with Gasteiger partial charge >= 0.3 is 5.97 Å². The van der Waals surface area contributed by atoms with Crippen LogP contribution in [0.5, 0.6) is 0 Å². The molecular weight excluding hydrogens is 598 g/mol. The molecule has 3 aromatic rings. The minimum atomic E-state index is -4.16. The first-order valence-corrected chi connectivity index (χ1v) is 16.6. The molecule has 0 radical (unpaired) electrons. The van der Waals surface area contributed by atoms with Crippen molar-refractivity contribution in [2.45, 2.75) is 45.6 Å². The number of halogens is 1. The number of fused-ring (bicyclic) bond motifs is 2. The molecule has 0 bridgehead atoms. The highest BCUT2D eigenvalue weighted by Gasteiger charge is 2.28. The van der Waals surface area contributed by atoms with Crippen molar-refractivity contribution in [2.75, 3.05) is 37.1 Å². The summed E-state index contributed by atoms with van der Waals surface area (Å²) in [5.41, 5.74) is 1.94. The first-order valence-electron chi connectivity index (χ1n) is 12.8. The van der Waals surface area contributed by atoms with Crippen LogP contribution in [0.3, 0.4) is 0 Å². The fourth-order valence-electron chi connectivity index (χ4n) is 4.52. The van der Waals surface area contributed by atoms with Crippen molar-refractivity contribution in [3.63, 3.8) is 0 Å². The summed E-state index contributed by atoms with van der Waals surface area (Å²) in [7, 11) is -2.61. The number of thiazole rings is 1. The first kappa shape index (κ1) is 30.4. The average Bonchev–Trinajstić information content (AvgIpc) is 3.28. The predicted octanol–water partition coefficient (Wildman–Crippen LogP) is 3.99. The van der Waals surface area contributed by atoms with Gasteiger partial charge in [0.15, 0.2) is 14.6 Å². The number of amides is 2. The number of methoxy groups -OCH3 is 1. The van der Waals surface area contributed by atoms with Crippen molar-refractivity contribution in [3.05, 3.63) is 44.0 Å². The third-order valence-corrected chi connectivity index (χ3v) is 10.1. The summed E-state index contributed by atoms with van der Waals surface area (Å²) in [5, 5.41) is 3.39. The van der Waals surface area contributed by atoms with E-state index < -0.39 is 39.1 Å². The lowest BCUT2D eigenvalue weighted by molar-refractivity contribution is -0.115. The average molecular weight is 628 g/mol. The maximum Gasteiger partial charge on any atom is 0.341 e. The normalized spacial score (nSPS) is 14.1. The highest BCUT2D eigenvalue weighted by molar-refractivity contribution is 7.92. The predicted molar refractivity (Wildman–Crippen MR) is 156 cm³/mol. The molecule has 1 aliphatic carbocycles. The monoisotopic (exact) mass is 627 g/mol. The zero-order valence-electron chi connectivity index (χ0n) is 22.2. The van der Waals surface area contributed by atoms with E-state index in [2.05, 4.69) is 10.3 Å². The summed E-state index contributed by atoms with van der Waals surface area (Å²) in [6.45, 7) is 2.62. The van der Waals surface area contributed by atoms with E-state index in [1.165, 1.54) is 22.7 Å². The molecule has 0 aliphatic heterocycles. The molecule has 2 aromatic heterocycles. The number of aromatic nitrogens is 1. The summed E-state index contributed by atoms with van der Waals surface area (Å²) in [6, 6.07) is 5.25. The third kappa shape index (κ3) is 7.38. The number of nitrogens with one attached hydrogen (secondary N) is 1. The quantitative estimate of drug-likeness (QED) is 0.265. The van der Waals surface area contributed by atoms with Crippen molar-refractivity contribution < 1.29 is 32.3 Å². The van der Waals surface area contributed by atoms with Gasteiger partial charge in [0.2, 0.25) is 5.91 Å². The number of esters is 1. The highest BCUT2D eigenvalue weighted by atomic mass is 35.5. The van der Waals surface area contributed by atoms with Crippen LogP contribution in [0.15, 0.2) is 23.2 Å². The Balaban J connectivity index is 1.51. The standard InChI is InChI=1S/C26H30ClN3O7S3/c1-3-37-25(33)23-17-7-5-4-6-8-19(17)38-24(23)28-21(31)14-40(34,35)15-22(32)29-26-30(11-12-36-2)18-10-9-16(27)13-20(18)39-26/h9-10,13H,3-8,11-12,14-15H2,1-2H3,(H,28,31). The maximum atomic E-state index is 12.8. The molecule has 0 spiro atoms. The summed E-state index contributed by atoms with van der Waals surface area (Å²) in [4.78, 5) is 43.6. The van der Waals surface area contributed by atoms with E-state index in [-0.39, 0.29) is 11.6 Å². The summed E-state index contributed by atoms with van der Waals surface area (Å²) in [5.74, 6) is -4.13. The zero-order valence-corrected chi connectivity index (χ0v) is 25.4. The zero-order chi connectivity index (χ0) is 28.9. The van der Waals surface area contributed by atoms with E-state index in [0.717, 1.165) is 46.3 Å². The van der Waals surface area contributed by atoms with Gasteiger partial charge in [-0.05, 0) is 56.4 Å². The van der Waals surface area contributed by atoms with Gasteiger partial charge in [-0.15, -0.1) is 11.3 Å². The number of ether oxygens (including phenoxy) is 2. The molecule has 216 valence electrons. The molecular formula is C26H30ClN3O7S3. The number of benzene rings is 1. The molecule has 10 nitrogen and oxygen atoms in total. The highest BCUT2D eigenvalue weighted by Crippen LogP contribution is 2.38. The van der Waals surface area contributed by atoms with Crippen molar-refractivity contribution in [3.8, 4) is 0 Å². The summed E-state index contributed by atoms with van der Waals surface area (Å²) >= 11 is 8.57. The van der Waals surface area contributed by atoms with E-state index in [9.17, 15) is 22.8 Å². The molecule has 14 heteroatoms. The minimum Gasteiger partial charge on any atom is -0.462 e. The number of anilines is 1. The molecule has 0 saturated heterocycles. The molecule has 0 saturated carbocycles. The lowest BCUT2D eigenvalue weighted by Crippen LogP contribution is -2.28. The number of nitrogens with zero attached hydrogens (tertiary/aromatic N) is 2. The second-order valence-electron chi connectivity index (χ2n) is 9.22. The van der Waals surface area contributed by atoms with Gasteiger partial charge in [-0.3, -0.25) is 9.59 Å². The Morgan fingerprint density at radius 3 is 2.65 bits per heavy atom. The Labute approximate surface area is 244 Å². The summed E-state index contributed by atoms with van der Waals surface area (Å²) in [6.07, 6.45) is 4.41. The first-order chi connectivity index (χ1) is 19.1. The topological polar surface area (TPSA) is 133 Å². The van der Waals surface area contributed by atoms with Gasteiger partial charge in [-0.2, -0.15) is 4.99 Å².